The lowest BCUT2D eigenvalue weighted by atomic mass is 10.1. The molecule has 0 bridgehead atoms. The average Bonchev–Trinajstić information content (AvgIpc) is 2.47. The minimum absolute atomic E-state index is 0.247. The molecule has 0 unspecified atom stereocenters. The molecule has 2 aromatic carbocycles. The number of fused-ring (bicyclic) bond motifs is 1. The van der Waals surface area contributed by atoms with Gasteiger partial charge in [-0.25, -0.2) is 4.39 Å². The van der Waals surface area contributed by atoms with E-state index in [4.69, 9.17) is 0 Å². The molecule has 0 fully saturated rings. The molecule has 2 nitrogen and oxygen atoms in total. The Kier molecular flexibility index (Phi) is 3.56. The Labute approximate surface area is 120 Å². The predicted octanol–water partition coefficient (Wildman–Crippen LogP) is 4.37. The van der Waals surface area contributed by atoms with Crippen LogP contribution in [0.3, 0.4) is 0 Å². The molecule has 0 aliphatic rings. The number of pyridine rings is 1. The average molecular weight is 285 g/mol. The number of phenols is 1. The lowest BCUT2D eigenvalue weighted by molar-refractivity contribution is 0.474. The van der Waals surface area contributed by atoms with Crippen LogP contribution in [0.25, 0.3) is 10.9 Å². The number of aromatic hydroxyl groups is 1. The molecule has 20 heavy (non-hydrogen) atoms. The lowest BCUT2D eigenvalue weighted by Gasteiger charge is -2.06. The van der Waals surface area contributed by atoms with Crippen LogP contribution >= 0.6 is 11.8 Å². The molecule has 0 radical (unpaired) electrons. The highest BCUT2D eigenvalue weighted by atomic mass is 32.2. The Hall–Kier alpha value is -2.07. The quantitative estimate of drug-likeness (QED) is 0.725. The first-order valence-corrected chi connectivity index (χ1v) is 7.16. The molecule has 100 valence electrons. The van der Waals surface area contributed by atoms with E-state index in [1.54, 1.807) is 54.4 Å². The van der Waals surface area contributed by atoms with Crippen LogP contribution in [0.5, 0.6) is 5.75 Å². The summed E-state index contributed by atoms with van der Waals surface area (Å²) in [5, 5.41) is 9.99. The summed E-state index contributed by atoms with van der Waals surface area (Å²) >= 11 is 1.59. The number of aromatic nitrogens is 1. The van der Waals surface area contributed by atoms with Crippen molar-refractivity contribution in [2.24, 2.45) is 0 Å². The molecule has 3 aromatic rings. The molecule has 0 aliphatic heterocycles. The summed E-state index contributed by atoms with van der Waals surface area (Å²) in [5.41, 5.74) is 1.68. The van der Waals surface area contributed by atoms with E-state index in [1.807, 2.05) is 6.07 Å². The van der Waals surface area contributed by atoms with Gasteiger partial charge >= 0.3 is 0 Å². The number of thioether (sulfide) groups is 1. The molecule has 0 spiro atoms. The Morgan fingerprint density at radius 3 is 2.85 bits per heavy atom. The maximum Gasteiger partial charge on any atom is 0.132 e. The first-order valence-electron chi connectivity index (χ1n) is 6.18. The van der Waals surface area contributed by atoms with Crippen LogP contribution in [-0.2, 0) is 5.75 Å². The van der Waals surface area contributed by atoms with Crippen LogP contribution in [0.1, 0.15) is 5.56 Å². The summed E-state index contributed by atoms with van der Waals surface area (Å²) in [6.07, 6.45) is 1.67. The summed E-state index contributed by atoms with van der Waals surface area (Å²) < 4.78 is 13.7. The van der Waals surface area contributed by atoms with E-state index in [-0.39, 0.29) is 11.6 Å². The molecule has 1 N–H and O–H groups in total. The van der Waals surface area contributed by atoms with Gasteiger partial charge in [-0.05, 0) is 42.0 Å². The summed E-state index contributed by atoms with van der Waals surface area (Å²) in [4.78, 5) is 5.24. The van der Waals surface area contributed by atoms with Crippen LogP contribution < -0.4 is 0 Å². The van der Waals surface area contributed by atoms with Gasteiger partial charge in [0.15, 0.2) is 0 Å². The maximum atomic E-state index is 13.7. The Morgan fingerprint density at radius 1 is 1.10 bits per heavy atom. The molecule has 3 rings (SSSR count). The Morgan fingerprint density at radius 2 is 2.00 bits per heavy atom. The van der Waals surface area contributed by atoms with Crippen LogP contribution in [0.2, 0.25) is 0 Å². The summed E-state index contributed by atoms with van der Waals surface area (Å²) in [5.74, 6) is 0.674. The number of benzene rings is 2. The molecule has 0 saturated heterocycles. The van der Waals surface area contributed by atoms with Crippen molar-refractivity contribution in [3.05, 3.63) is 66.1 Å². The fraction of sp³-hybridized carbons (Fsp3) is 0.0625. The molecule has 1 aromatic heterocycles. The van der Waals surface area contributed by atoms with Crippen LogP contribution in [0.15, 0.2) is 59.6 Å². The van der Waals surface area contributed by atoms with Crippen molar-refractivity contribution in [3.8, 4) is 5.75 Å². The highest BCUT2D eigenvalue weighted by Gasteiger charge is 2.07. The number of phenolic OH excluding ortho intramolecular Hbond substituents is 1. The fourth-order valence-electron chi connectivity index (χ4n) is 2.05. The molecule has 0 saturated carbocycles. The third-order valence-corrected chi connectivity index (χ3v) is 4.05. The molecular formula is C16H12FNOS. The van der Waals surface area contributed by atoms with Gasteiger partial charge in [-0.3, -0.25) is 4.98 Å². The maximum absolute atomic E-state index is 13.7. The summed E-state index contributed by atoms with van der Waals surface area (Å²) in [6, 6.07) is 13.8. The molecule has 0 atom stereocenters. The molecule has 0 amide bonds. The normalized spacial score (nSPS) is 10.8. The SMILES string of the molecule is Oc1cccc(SCc2ccc(F)c3cccnc23)c1. The van der Waals surface area contributed by atoms with E-state index in [0.717, 1.165) is 10.5 Å². The van der Waals surface area contributed by atoms with Gasteiger partial charge in [-0.1, -0.05) is 12.1 Å². The molecule has 4 heteroatoms. The van der Waals surface area contributed by atoms with Crippen LogP contribution in [0, 0.1) is 5.82 Å². The lowest BCUT2D eigenvalue weighted by Crippen LogP contribution is -1.90. The van der Waals surface area contributed by atoms with Crippen molar-refractivity contribution in [2.75, 3.05) is 0 Å². The summed E-state index contributed by atoms with van der Waals surface area (Å²) in [7, 11) is 0. The van der Waals surface area contributed by atoms with Crippen molar-refractivity contribution in [2.45, 2.75) is 10.6 Å². The summed E-state index contributed by atoms with van der Waals surface area (Å²) in [6.45, 7) is 0. The van der Waals surface area contributed by atoms with Gasteiger partial charge in [0, 0.05) is 22.2 Å². The van der Waals surface area contributed by atoms with Gasteiger partial charge in [0.05, 0.1) is 5.52 Å². The van der Waals surface area contributed by atoms with Gasteiger partial charge in [0.25, 0.3) is 0 Å². The van der Waals surface area contributed by atoms with Crippen LogP contribution in [-0.4, -0.2) is 10.1 Å². The third kappa shape index (κ3) is 2.60. The van der Waals surface area contributed by atoms with Crippen molar-refractivity contribution in [1.29, 1.82) is 0 Å². The van der Waals surface area contributed by atoms with Gasteiger partial charge in [0.2, 0.25) is 0 Å². The number of halogens is 1. The smallest absolute Gasteiger partial charge is 0.132 e. The second-order valence-electron chi connectivity index (χ2n) is 4.39. The number of hydrogen-bond acceptors (Lipinski definition) is 3. The number of nitrogens with zero attached hydrogens (tertiary/aromatic N) is 1. The standard InChI is InChI=1S/C16H12FNOS/c17-15-7-6-11(16-14(15)5-2-8-18-16)10-20-13-4-1-3-12(19)9-13/h1-9,19H,10H2. The second-order valence-corrected chi connectivity index (χ2v) is 5.44. The first-order chi connectivity index (χ1) is 9.74. The Bertz CT molecular complexity index is 760. The third-order valence-electron chi connectivity index (χ3n) is 3.01. The van der Waals surface area contributed by atoms with E-state index in [2.05, 4.69) is 4.98 Å². The number of hydrogen-bond donors (Lipinski definition) is 1. The van der Waals surface area contributed by atoms with E-state index in [1.165, 1.54) is 6.07 Å². The van der Waals surface area contributed by atoms with Gasteiger partial charge in [-0.2, -0.15) is 0 Å². The minimum Gasteiger partial charge on any atom is -0.508 e. The zero-order chi connectivity index (χ0) is 13.9. The molecule has 0 aliphatic carbocycles. The largest absolute Gasteiger partial charge is 0.508 e. The van der Waals surface area contributed by atoms with Gasteiger partial charge in [-0.15, -0.1) is 11.8 Å². The van der Waals surface area contributed by atoms with Gasteiger partial charge in [0.1, 0.15) is 11.6 Å². The second kappa shape index (κ2) is 5.51. The highest BCUT2D eigenvalue weighted by Crippen LogP contribution is 2.28. The van der Waals surface area contributed by atoms with Crippen molar-refractivity contribution < 1.29 is 9.50 Å². The Balaban J connectivity index is 1.90. The van der Waals surface area contributed by atoms with Crippen molar-refractivity contribution in [3.63, 3.8) is 0 Å². The zero-order valence-electron chi connectivity index (χ0n) is 10.6. The van der Waals surface area contributed by atoms with Crippen molar-refractivity contribution >= 4 is 22.7 Å². The van der Waals surface area contributed by atoms with E-state index < -0.39 is 0 Å². The number of rotatable bonds is 3. The fourth-order valence-corrected chi connectivity index (χ4v) is 2.98. The van der Waals surface area contributed by atoms with E-state index in [0.29, 0.717) is 16.7 Å². The van der Waals surface area contributed by atoms with E-state index >= 15 is 0 Å². The molecular weight excluding hydrogens is 273 g/mol. The van der Waals surface area contributed by atoms with Crippen molar-refractivity contribution in [1.82, 2.24) is 4.98 Å². The monoisotopic (exact) mass is 285 g/mol. The van der Waals surface area contributed by atoms with E-state index in [9.17, 15) is 9.50 Å². The topological polar surface area (TPSA) is 33.1 Å². The zero-order valence-corrected chi connectivity index (χ0v) is 11.4. The minimum atomic E-state index is -0.251. The molecule has 1 heterocycles. The first kappa shape index (κ1) is 12.9. The highest BCUT2D eigenvalue weighted by molar-refractivity contribution is 7.98. The van der Waals surface area contributed by atoms with Gasteiger partial charge < -0.3 is 5.11 Å². The van der Waals surface area contributed by atoms with Crippen LogP contribution in [0.4, 0.5) is 4.39 Å². The predicted molar refractivity (Wildman–Crippen MR) is 79.4 cm³/mol.